The highest BCUT2D eigenvalue weighted by atomic mass is 14.8. The fourth-order valence-corrected chi connectivity index (χ4v) is 2.54. The Morgan fingerprint density at radius 2 is 1.71 bits per heavy atom. The monoisotopic (exact) mass is 227 g/mol. The zero-order chi connectivity index (χ0) is 12.5. The van der Waals surface area contributed by atoms with Gasteiger partial charge in [0.15, 0.2) is 0 Å². The first-order valence-corrected chi connectivity index (χ1v) is 6.36. The van der Waals surface area contributed by atoms with E-state index in [1.54, 1.807) is 0 Å². The zero-order valence-electron chi connectivity index (χ0n) is 10.9. The van der Waals surface area contributed by atoms with Gasteiger partial charge >= 0.3 is 0 Å². The maximum absolute atomic E-state index is 6.63. The Balaban J connectivity index is 2.70. The summed E-state index contributed by atoms with van der Waals surface area (Å²) in [5.41, 5.74) is 7.66. The number of benzene rings is 2. The summed E-state index contributed by atoms with van der Waals surface area (Å²) in [5.74, 6) is 0.429. The Labute approximate surface area is 104 Å². The molecule has 90 valence electrons. The van der Waals surface area contributed by atoms with Crippen LogP contribution >= 0.6 is 0 Å². The van der Waals surface area contributed by atoms with E-state index in [-0.39, 0.29) is 5.54 Å². The van der Waals surface area contributed by atoms with E-state index in [9.17, 15) is 0 Å². The average Bonchev–Trinajstić information content (AvgIpc) is 2.37. The molecule has 0 bridgehead atoms. The zero-order valence-corrected chi connectivity index (χ0v) is 10.9. The molecule has 2 aromatic carbocycles. The van der Waals surface area contributed by atoms with Crippen molar-refractivity contribution in [2.45, 2.75) is 32.7 Å². The standard InChI is InChI=1S/C16H21N/c1-4-16(17,12(2)3)15-11-7-9-13-8-5-6-10-14(13)15/h5-12H,4,17H2,1-3H3. The predicted octanol–water partition coefficient (Wildman–Crippen LogP) is 4.06. The molecular formula is C16H21N. The third-order valence-electron chi connectivity index (χ3n) is 3.91. The Hall–Kier alpha value is -1.34. The van der Waals surface area contributed by atoms with E-state index in [1.807, 2.05) is 0 Å². The van der Waals surface area contributed by atoms with Crippen LogP contribution < -0.4 is 5.73 Å². The van der Waals surface area contributed by atoms with Gasteiger partial charge in [-0.25, -0.2) is 0 Å². The summed E-state index contributed by atoms with van der Waals surface area (Å²) < 4.78 is 0. The van der Waals surface area contributed by atoms with Gasteiger partial charge in [0.25, 0.3) is 0 Å². The number of nitrogens with two attached hydrogens (primary N) is 1. The van der Waals surface area contributed by atoms with Crippen LogP contribution in [-0.4, -0.2) is 0 Å². The van der Waals surface area contributed by atoms with Crippen LogP contribution in [0.2, 0.25) is 0 Å². The molecule has 0 aliphatic carbocycles. The smallest absolute Gasteiger partial charge is 0.0436 e. The van der Waals surface area contributed by atoms with Gasteiger partial charge in [0.05, 0.1) is 0 Å². The van der Waals surface area contributed by atoms with Gasteiger partial charge in [0, 0.05) is 5.54 Å². The average molecular weight is 227 g/mol. The van der Waals surface area contributed by atoms with E-state index < -0.39 is 0 Å². The highest BCUT2D eigenvalue weighted by Gasteiger charge is 2.30. The first-order valence-electron chi connectivity index (χ1n) is 6.36. The van der Waals surface area contributed by atoms with Crippen molar-refractivity contribution in [2.24, 2.45) is 11.7 Å². The van der Waals surface area contributed by atoms with Crippen molar-refractivity contribution < 1.29 is 0 Å². The summed E-state index contributed by atoms with van der Waals surface area (Å²) in [6, 6.07) is 14.9. The molecule has 1 heteroatoms. The second-order valence-corrected chi connectivity index (χ2v) is 5.08. The lowest BCUT2D eigenvalue weighted by atomic mass is 9.77. The molecule has 17 heavy (non-hydrogen) atoms. The molecule has 0 spiro atoms. The summed E-state index contributed by atoms with van der Waals surface area (Å²) in [6.07, 6.45) is 0.957. The second-order valence-electron chi connectivity index (χ2n) is 5.08. The van der Waals surface area contributed by atoms with Gasteiger partial charge in [-0.3, -0.25) is 0 Å². The van der Waals surface area contributed by atoms with E-state index in [4.69, 9.17) is 5.73 Å². The van der Waals surface area contributed by atoms with Crippen molar-refractivity contribution in [3.05, 3.63) is 48.0 Å². The fraction of sp³-hybridized carbons (Fsp3) is 0.375. The molecule has 0 aliphatic heterocycles. The summed E-state index contributed by atoms with van der Waals surface area (Å²) >= 11 is 0. The minimum absolute atomic E-state index is 0.235. The summed E-state index contributed by atoms with van der Waals surface area (Å²) in [5, 5.41) is 2.56. The first kappa shape index (κ1) is 12.1. The third kappa shape index (κ3) is 1.96. The molecule has 2 N–H and O–H groups in total. The van der Waals surface area contributed by atoms with Crippen molar-refractivity contribution in [3.8, 4) is 0 Å². The van der Waals surface area contributed by atoms with Crippen molar-refractivity contribution in [1.82, 2.24) is 0 Å². The number of hydrogen-bond donors (Lipinski definition) is 1. The molecule has 0 heterocycles. The van der Waals surface area contributed by atoms with E-state index in [1.165, 1.54) is 16.3 Å². The van der Waals surface area contributed by atoms with Gasteiger partial charge in [-0.2, -0.15) is 0 Å². The lowest BCUT2D eigenvalue weighted by Crippen LogP contribution is -2.41. The fourth-order valence-electron chi connectivity index (χ4n) is 2.54. The van der Waals surface area contributed by atoms with Crippen LogP contribution in [0, 0.1) is 5.92 Å². The Kier molecular flexibility index (Phi) is 3.21. The highest BCUT2D eigenvalue weighted by molar-refractivity contribution is 5.86. The third-order valence-corrected chi connectivity index (χ3v) is 3.91. The molecule has 0 amide bonds. The number of hydrogen-bond acceptors (Lipinski definition) is 1. The molecule has 1 atom stereocenters. The SMILES string of the molecule is CCC(N)(c1cccc2ccccc12)C(C)C. The molecule has 0 saturated heterocycles. The number of rotatable bonds is 3. The lowest BCUT2D eigenvalue weighted by Gasteiger charge is -2.34. The van der Waals surface area contributed by atoms with Crippen LogP contribution in [0.25, 0.3) is 10.8 Å². The summed E-state index contributed by atoms with van der Waals surface area (Å²) in [6.45, 7) is 6.57. The van der Waals surface area contributed by atoms with Gasteiger partial charge in [0.2, 0.25) is 0 Å². The molecule has 0 aromatic heterocycles. The van der Waals surface area contributed by atoms with Crippen molar-refractivity contribution in [3.63, 3.8) is 0 Å². The van der Waals surface area contributed by atoms with Crippen molar-refractivity contribution >= 4 is 10.8 Å². The van der Waals surface area contributed by atoms with E-state index in [0.717, 1.165) is 6.42 Å². The summed E-state index contributed by atoms with van der Waals surface area (Å²) in [4.78, 5) is 0. The van der Waals surface area contributed by atoms with Crippen LogP contribution in [0.3, 0.4) is 0 Å². The molecule has 0 aliphatic rings. The molecular weight excluding hydrogens is 206 g/mol. The molecule has 2 aromatic rings. The van der Waals surface area contributed by atoms with Crippen LogP contribution in [0.4, 0.5) is 0 Å². The minimum Gasteiger partial charge on any atom is -0.321 e. The molecule has 1 unspecified atom stereocenters. The van der Waals surface area contributed by atoms with Crippen molar-refractivity contribution in [1.29, 1.82) is 0 Å². The molecule has 2 rings (SSSR count). The van der Waals surface area contributed by atoms with Gasteiger partial charge in [0.1, 0.15) is 0 Å². The van der Waals surface area contributed by atoms with Gasteiger partial charge < -0.3 is 5.73 Å². The van der Waals surface area contributed by atoms with Crippen molar-refractivity contribution in [2.75, 3.05) is 0 Å². The minimum atomic E-state index is -0.235. The maximum Gasteiger partial charge on any atom is 0.0436 e. The van der Waals surface area contributed by atoms with Gasteiger partial charge in [-0.15, -0.1) is 0 Å². The van der Waals surface area contributed by atoms with Gasteiger partial charge in [-0.05, 0) is 28.7 Å². The first-order chi connectivity index (χ1) is 8.09. The Morgan fingerprint density at radius 1 is 1.06 bits per heavy atom. The molecule has 0 fully saturated rings. The Bertz CT molecular complexity index is 510. The van der Waals surface area contributed by atoms with E-state index in [0.29, 0.717) is 5.92 Å². The Morgan fingerprint density at radius 3 is 2.35 bits per heavy atom. The quantitative estimate of drug-likeness (QED) is 0.840. The largest absolute Gasteiger partial charge is 0.321 e. The molecule has 0 radical (unpaired) electrons. The van der Waals surface area contributed by atoms with Crippen LogP contribution in [0.1, 0.15) is 32.8 Å². The van der Waals surface area contributed by atoms with E-state index >= 15 is 0 Å². The van der Waals surface area contributed by atoms with Crippen LogP contribution in [0.5, 0.6) is 0 Å². The summed E-state index contributed by atoms with van der Waals surface area (Å²) in [7, 11) is 0. The highest BCUT2D eigenvalue weighted by Crippen LogP contribution is 2.34. The topological polar surface area (TPSA) is 26.0 Å². The predicted molar refractivity (Wildman–Crippen MR) is 74.9 cm³/mol. The number of fused-ring (bicyclic) bond motifs is 1. The normalized spacial score (nSPS) is 15.1. The second kappa shape index (κ2) is 4.50. The van der Waals surface area contributed by atoms with E-state index in [2.05, 4.69) is 63.2 Å². The lowest BCUT2D eigenvalue weighted by molar-refractivity contribution is 0.308. The van der Waals surface area contributed by atoms with Gasteiger partial charge in [-0.1, -0.05) is 63.2 Å². The maximum atomic E-state index is 6.63. The molecule has 1 nitrogen and oxygen atoms in total. The molecule has 0 saturated carbocycles. The van der Waals surface area contributed by atoms with Crippen LogP contribution in [-0.2, 0) is 5.54 Å². The van der Waals surface area contributed by atoms with Crippen LogP contribution in [0.15, 0.2) is 42.5 Å².